The van der Waals surface area contributed by atoms with Crippen molar-refractivity contribution in [2.75, 3.05) is 25.6 Å². The third-order valence-electron chi connectivity index (χ3n) is 5.40. The van der Waals surface area contributed by atoms with Crippen molar-refractivity contribution in [2.24, 2.45) is 11.1 Å². The molecule has 152 valence electrons. The van der Waals surface area contributed by atoms with Crippen LogP contribution in [0.4, 0.5) is 5.82 Å². The number of anilines is 1. The van der Waals surface area contributed by atoms with Gasteiger partial charge in [0.25, 0.3) is 0 Å². The Balaban J connectivity index is 1.46. The average molecular weight is 396 g/mol. The van der Waals surface area contributed by atoms with Crippen molar-refractivity contribution in [3.63, 3.8) is 0 Å². The monoisotopic (exact) mass is 396 g/mol. The van der Waals surface area contributed by atoms with Crippen LogP contribution in [0, 0.1) is 16.7 Å². The van der Waals surface area contributed by atoms with Crippen molar-refractivity contribution in [3.8, 4) is 17.6 Å². The summed E-state index contributed by atoms with van der Waals surface area (Å²) in [5, 5.41) is 12.1. The van der Waals surface area contributed by atoms with E-state index in [0.717, 1.165) is 18.4 Å². The van der Waals surface area contributed by atoms with Crippen molar-refractivity contribution in [1.82, 2.24) is 25.8 Å². The number of methoxy groups -OCH3 is 1. The smallest absolute Gasteiger partial charge is 0.158 e. The minimum atomic E-state index is -0.0910. The Hall–Kier alpha value is -3.00. The lowest BCUT2D eigenvalue weighted by molar-refractivity contribution is 0.232. The number of nitriles is 1. The van der Waals surface area contributed by atoms with Crippen LogP contribution < -0.4 is 31.4 Å². The van der Waals surface area contributed by atoms with Crippen LogP contribution in [0.15, 0.2) is 24.8 Å². The number of hydrogen-bond donors (Lipinski definition) is 4. The molecule has 2 fully saturated rings. The zero-order valence-electron chi connectivity index (χ0n) is 16.2. The van der Waals surface area contributed by atoms with Crippen molar-refractivity contribution < 1.29 is 9.47 Å². The van der Waals surface area contributed by atoms with Crippen molar-refractivity contribution in [1.29, 1.82) is 5.26 Å². The Bertz CT molecular complexity index is 894. The standard InChI is InChI=1S/C19H24N8O2/c1-28-14-7-22-8-15(29-11-19(10-21)2-3-19)18(14)13-4-16(27-26-13)25-17-9-23-12(5-20)6-24-17/h6-9,13,16,26-27H,2-4,10-11,21H2,1H3,(H,24,25). The maximum absolute atomic E-state index is 8.83. The zero-order valence-corrected chi connectivity index (χ0v) is 16.2. The van der Waals surface area contributed by atoms with Gasteiger partial charge in [-0.1, -0.05) is 0 Å². The predicted molar refractivity (Wildman–Crippen MR) is 105 cm³/mol. The summed E-state index contributed by atoms with van der Waals surface area (Å²) in [7, 11) is 1.62. The van der Waals surface area contributed by atoms with Crippen LogP contribution in [-0.2, 0) is 0 Å². The van der Waals surface area contributed by atoms with E-state index in [1.807, 2.05) is 6.07 Å². The highest BCUT2D eigenvalue weighted by Crippen LogP contribution is 2.45. The van der Waals surface area contributed by atoms with Gasteiger partial charge in [0.15, 0.2) is 5.69 Å². The molecule has 1 saturated heterocycles. The highest BCUT2D eigenvalue weighted by Gasteiger charge is 2.42. The Labute approximate surface area is 168 Å². The second kappa shape index (κ2) is 8.16. The van der Waals surface area contributed by atoms with Gasteiger partial charge < -0.3 is 20.5 Å². The van der Waals surface area contributed by atoms with E-state index >= 15 is 0 Å². The molecule has 2 atom stereocenters. The van der Waals surface area contributed by atoms with Gasteiger partial charge in [0.1, 0.15) is 23.4 Å². The number of rotatable bonds is 8. The predicted octanol–water partition coefficient (Wildman–Crippen LogP) is 0.847. The summed E-state index contributed by atoms with van der Waals surface area (Å²) in [6.07, 6.45) is 9.19. The van der Waals surface area contributed by atoms with Gasteiger partial charge in [0, 0.05) is 18.4 Å². The Morgan fingerprint density at radius 1 is 1.24 bits per heavy atom. The molecular formula is C19H24N8O2. The first-order chi connectivity index (χ1) is 14.2. The molecule has 29 heavy (non-hydrogen) atoms. The molecule has 10 nitrogen and oxygen atoms in total. The van der Waals surface area contributed by atoms with Crippen LogP contribution in [0.25, 0.3) is 0 Å². The molecule has 0 radical (unpaired) electrons. The molecule has 0 aromatic carbocycles. The zero-order chi connectivity index (χ0) is 20.3. The summed E-state index contributed by atoms with van der Waals surface area (Å²) in [6.45, 7) is 1.20. The molecule has 1 aliphatic heterocycles. The molecule has 2 aliphatic rings. The van der Waals surface area contributed by atoms with Crippen LogP contribution >= 0.6 is 0 Å². The summed E-state index contributed by atoms with van der Waals surface area (Å²) in [5.74, 6) is 1.95. The van der Waals surface area contributed by atoms with Crippen LogP contribution in [0.3, 0.4) is 0 Å². The first-order valence-corrected chi connectivity index (χ1v) is 9.51. The van der Waals surface area contributed by atoms with E-state index in [1.165, 1.54) is 12.4 Å². The number of nitrogens with one attached hydrogen (secondary N) is 3. The number of nitrogens with two attached hydrogens (primary N) is 1. The molecule has 2 unspecified atom stereocenters. The van der Waals surface area contributed by atoms with Crippen LogP contribution in [0.2, 0.25) is 0 Å². The number of hydrogen-bond acceptors (Lipinski definition) is 10. The molecular weight excluding hydrogens is 372 g/mol. The third kappa shape index (κ3) is 4.22. The number of aromatic nitrogens is 3. The maximum atomic E-state index is 8.83. The fourth-order valence-corrected chi connectivity index (χ4v) is 3.35. The van der Waals surface area contributed by atoms with Gasteiger partial charge in [0.05, 0.1) is 56.3 Å². The average Bonchev–Trinajstić information content (AvgIpc) is 3.42. The van der Waals surface area contributed by atoms with Crippen molar-refractivity contribution in [3.05, 3.63) is 36.0 Å². The maximum Gasteiger partial charge on any atom is 0.158 e. The largest absolute Gasteiger partial charge is 0.495 e. The molecule has 5 N–H and O–H groups in total. The van der Waals surface area contributed by atoms with E-state index in [-0.39, 0.29) is 23.3 Å². The summed E-state index contributed by atoms with van der Waals surface area (Å²) >= 11 is 0. The lowest BCUT2D eigenvalue weighted by atomic mass is 10.0. The van der Waals surface area contributed by atoms with Gasteiger partial charge >= 0.3 is 0 Å². The van der Waals surface area contributed by atoms with Crippen molar-refractivity contribution in [2.45, 2.75) is 31.5 Å². The SMILES string of the molecule is COc1cncc(OCC2(CN)CC2)c1C1CC(Nc2cnc(C#N)cn2)NN1. The molecule has 1 saturated carbocycles. The van der Waals surface area contributed by atoms with E-state index in [2.05, 4.69) is 31.1 Å². The first-order valence-electron chi connectivity index (χ1n) is 9.51. The van der Waals surface area contributed by atoms with Gasteiger partial charge in [-0.2, -0.15) is 5.26 Å². The molecule has 0 bridgehead atoms. The molecule has 3 heterocycles. The van der Waals surface area contributed by atoms with Crippen molar-refractivity contribution >= 4 is 5.82 Å². The van der Waals surface area contributed by atoms with E-state index in [0.29, 0.717) is 36.9 Å². The number of ether oxygens (including phenoxy) is 2. The van der Waals surface area contributed by atoms with Gasteiger partial charge in [-0.3, -0.25) is 4.98 Å². The van der Waals surface area contributed by atoms with E-state index < -0.39 is 0 Å². The van der Waals surface area contributed by atoms with Crippen LogP contribution in [0.1, 0.15) is 36.6 Å². The Kier molecular flexibility index (Phi) is 5.44. The molecule has 2 aromatic rings. The molecule has 0 amide bonds. The Morgan fingerprint density at radius 2 is 2.07 bits per heavy atom. The van der Waals surface area contributed by atoms with Gasteiger partial charge in [-0.25, -0.2) is 20.8 Å². The fraction of sp³-hybridized carbons (Fsp3) is 0.474. The summed E-state index contributed by atoms with van der Waals surface area (Å²) in [5.41, 5.74) is 13.7. The minimum Gasteiger partial charge on any atom is -0.495 e. The molecule has 10 heteroatoms. The van der Waals surface area contributed by atoms with Gasteiger partial charge in [-0.15, -0.1) is 0 Å². The summed E-state index contributed by atoms with van der Waals surface area (Å²) in [6, 6.07) is 1.90. The van der Waals surface area contributed by atoms with Crippen LogP contribution in [-0.4, -0.2) is 41.4 Å². The minimum absolute atomic E-state index is 0.0557. The topological polar surface area (TPSA) is 143 Å². The molecule has 1 aliphatic carbocycles. The van der Waals surface area contributed by atoms with E-state index in [1.54, 1.807) is 19.5 Å². The van der Waals surface area contributed by atoms with E-state index in [4.69, 9.17) is 20.5 Å². The summed E-state index contributed by atoms with van der Waals surface area (Å²) in [4.78, 5) is 12.5. The highest BCUT2D eigenvalue weighted by molar-refractivity contribution is 5.45. The Morgan fingerprint density at radius 3 is 2.72 bits per heavy atom. The second-order valence-electron chi connectivity index (χ2n) is 7.42. The van der Waals surface area contributed by atoms with Gasteiger partial charge in [0.2, 0.25) is 0 Å². The lowest BCUT2D eigenvalue weighted by Crippen LogP contribution is -2.36. The van der Waals surface area contributed by atoms with E-state index in [9.17, 15) is 0 Å². The fourth-order valence-electron chi connectivity index (χ4n) is 3.35. The van der Waals surface area contributed by atoms with Crippen LogP contribution in [0.5, 0.6) is 11.5 Å². The molecule has 0 spiro atoms. The quantitative estimate of drug-likeness (QED) is 0.507. The molecule has 4 rings (SSSR count). The summed E-state index contributed by atoms with van der Waals surface area (Å²) < 4.78 is 11.7. The highest BCUT2D eigenvalue weighted by atomic mass is 16.5. The second-order valence-corrected chi connectivity index (χ2v) is 7.42. The number of nitrogens with zero attached hydrogens (tertiary/aromatic N) is 4. The lowest BCUT2D eigenvalue weighted by Gasteiger charge is -2.20. The third-order valence-corrected chi connectivity index (χ3v) is 5.40. The molecule has 2 aromatic heterocycles. The normalized spacial score (nSPS) is 22.0. The first kappa shape index (κ1) is 19.3. The number of hydrazine groups is 1. The number of pyridine rings is 1. The van der Waals surface area contributed by atoms with Gasteiger partial charge in [-0.05, 0) is 12.8 Å².